The van der Waals surface area contributed by atoms with Crippen LogP contribution >= 0.6 is 11.6 Å². The molecule has 26 heavy (non-hydrogen) atoms. The van der Waals surface area contributed by atoms with Gasteiger partial charge in [-0.15, -0.1) is 0 Å². The lowest BCUT2D eigenvalue weighted by Gasteiger charge is -2.22. The third-order valence-electron chi connectivity index (χ3n) is 3.95. The van der Waals surface area contributed by atoms with Crippen LogP contribution in [0.2, 0.25) is 5.02 Å². The molecule has 3 rings (SSSR count). The Morgan fingerprint density at radius 1 is 1.15 bits per heavy atom. The maximum atomic E-state index is 11.6. The second-order valence-electron chi connectivity index (χ2n) is 5.92. The van der Waals surface area contributed by atoms with Crippen LogP contribution in [0.25, 0.3) is 0 Å². The zero-order valence-corrected chi connectivity index (χ0v) is 15.2. The van der Waals surface area contributed by atoms with Gasteiger partial charge in [-0.3, -0.25) is 0 Å². The first-order valence-electron chi connectivity index (χ1n) is 7.49. The minimum Gasteiger partial charge on any atom is -0.478 e. The van der Waals surface area contributed by atoms with E-state index in [1.165, 1.54) is 24.3 Å². The highest BCUT2D eigenvalue weighted by molar-refractivity contribution is 7.90. The van der Waals surface area contributed by atoms with Crippen LogP contribution in [0.1, 0.15) is 5.56 Å². The van der Waals surface area contributed by atoms with Crippen LogP contribution in [0.3, 0.4) is 0 Å². The number of nitrogens with zero attached hydrogens (tertiary/aromatic N) is 2. The normalized spacial score (nSPS) is 20.1. The Morgan fingerprint density at radius 2 is 1.73 bits per heavy atom. The molecule has 1 aliphatic heterocycles. The monoisotopic (exact) mass is 394 g/mol. The molecule has 1 aliphatic rings. The van der Waals surface area contributed by atoms with Crippen molar-refractivity contribution in [3.05, 3.63) is 59.1 Å². The van der Waals surface area contributed by atoms with Crippen LogP contribution < -0.4 is 4.90 Å². The highest BCUT2D eigenvalue weighted by Gasteiger charge is 2.45. The third-order valence-corrected chi connectivity index (χ3v) is 5.33. The molecule has 1 unspecified atom stereocenters. The zero-order valence-electron chi connectivity index (χ0n) is 13.6. The molecule has 2 aromatic carbocycles. The van der Waals surface area contributed by atoms with Crippen LogP contribution in [0.4, 0.5) is 5.69 Å². The van der Waals surface area contributed by atoms with Crippen molar-refractivity contribution in [3.8, 4) is 0 Å². The van der Waals surface area contributed by atoms with Gasteiger partial charge in [0.05, 0.1) is 11.4 Å². The summed E-state index contributed by atoms with van der Waals surface area (Å²) in [5.74, 6) is -1.25. The number of hydrogen-bond acceptors (Lipinski definition) is 6. The molecule has 2 aromatic rings. The van der Waals surface area contributed by atoms with Crippen molar-refractivity contribution >= 4 is 38.9 Å². The number of carboxylic acid groups (broad SMARTS) is 1. The summed E-state index contributed by atoms with van der Waals surface area (Å²) in [6, 6.07) is 12.5. The highest BCUT2D eigenvalue weighted by atomic mass is 35.5. The first-order valence-corrected chi connectivity index (χ1v) is 9.76. The molecular formula is C17H15ClN2O5S. The fraction of sp³-hybridized carbons (Fsp3) is 0.176. The summed E-state index contributed by atoms with van der Waals surface area (Å²) in [5, 5.41) is 20.1. The van der Waals surface area contributed by atoms with E-state index < -0.39 is 21.5 Å². The van der Waals surface area contributed by atoms with Gasteiger partial charge in [-0.05, 0) is 48.5 Å². The first kappa shape index (κ1) is 18.4. The fourth-order valence-electron chi connectivity index (χ4n) is 2.59. The van der Waals surface area contributed by atoms with E-state index in [9.17, 15) is 23.4 Å². The van der Waals surface area contributed by atoms with Gasteiger partial charge in [0.1, 0.15) is 5.84 Å². The van der Waals surface area contributed by atoms with Crippen LogP contribution in [0.15, 0.2) is 58.4 Å². The van der Waals surface area contributed by atoms with Crippen LogP contribution in [0, 0.1) is 0 Å². The average molecular weight is 395 g/mol. The van der Waals surface area contributed by atoms with Crippen molar-refractivity contribution in [1.29, 1.82) is 0 Å². The first-order chi connectivity index (χ1) is 12.1. The smallest absolute Gasteiger partial charge is 0.361 e. The Hall–Kier alpha value is -2.42. The number of carboxylic acids is 1. The summed E-state index contributed by atoms with van der Waals surface area (Å²) in [4.78, 5) is 17.1. The van der Waals surface area contributed by atoms with Crippen LogP contribution in [-0.4, -0.2) is 49.0 Å². The molecule has 0 aromatic heterocycles. The van der Waals surface area contributed by atoms with E-state index in [1.54, 1.807) is 29.2 Å². The van der Waals surface area contributed by atoms with E-state index in [-0.39, 0.29) is 17.3 Å². The number of aliphatic carboxylic acids is 1. The molecule has 0 saturated heterocycles. The van der Waals surface area contributed by atoms with Gasteiger partial charge >= 0.3 is 5.97 Å². The van der Waals surface area contributed by atoms with E-state index in [2.05, 4.69) is 4.99 Å². The number of anilines is 1. The molecule has 0 aliphatic carbocycles. The molecule has 1 atom stereocenters. The molecule has 0 bridgehead atoms. The lowest BCUT2D eigenvalue weighted by Crippen LogP contribution is -2.42. The van der Waals surface area contributed by atoms with Gasteiger partial charge in [-0.2, -0.15) is 0 Å². The third kappa shape index (κ3) is 3.44. The number of aliphatic imine (C=N–C) groups is 1. The van der Waals surface area contributed by atoms with Gasteiger partial charge in [0, 0.05) is 22.5 Å². The topological polar surface area (TPSA) is 107 Å². The molecule has 136 valence electrons. The number of halogens is 1. The van der Waals surface area contributed by atoms with Gasteiger partial charge in [-0.25, -0.2) is 18.2 Å². The number of carbonyl (C=O) groups is 1. The Labute approximate surface area is 155 Å². The number of benzene rings is 2. The molecule has 9 heteroatoms. The number of aliphatic hydroxyl groups is 1. The molecular weight excluding hydrogens is 380 g/mol. The van der Waals surface area contributed by atoms with Crippen molar-refractivity contribution in [1.82, 2.24) is 0 Å². The predicted octanol–water partition coefficient (Wildman–Crippen LogP) is 1.78. The van der Waals surface area contributed by atoms with Gasteiger partial charge in [0.25, 0.3) is 5.72 Å². The van der Waals surface area contributed by atoms with E-state index in [1.807, 2.05) is 0 Å². The van der Waals surface area contributed by atoms with Crippen molar-refractivity contribution < 1.29 is 23.4 Å². The average Bonchev–Trinajstić information content (AvgIpc) is 2.94. The quantitative estimate of drug-likeness (QED) is 0.818. The number of β-amino-alcohol motifs (C(OH)–C–C–N with tert-alkyl or cyclic N) is 1. The summed E-state index contributed by atoms with van der Waals surface area (Å²) < 4.78 is 23.2. The zero-order chi connectivity index (χ0) is 19.1. The number of sulfone groups is 1. The minimum atomic E-state index is -3.36. The highest BCUT2D eigenvalue weighted by Crippen LogP contribution is 2.29. The Morgan fingerprint density at radius 3 is 2.23 bits per heavy atom. The Kier molecular flexibility index (Phi) is 4.51. The van der Waals surface area contributed by atoms with Crippen molar-refractivity contribution in [2.45, 2.75) is 10.6 Å². The summed E-state index contributed by atoms with van der Waals surface area (Å²) in [6.07, 6.45) is 1.10. The minimum absolute atomic E-state index is 0.131. The second kappa shape index (κ2) is 6.39. The fourth-order valence-corrected chi connectivity index (χ4v) is 3.34. The summed E-state index contributed by atoms with van der Waals surface area (Å²) >= 11 is 5.89. The summed E-state index contributed by atoms with van der Waals surface area (Å²) in [7, 11) is -3.36. The van der Waals surface area contributed by atoms with E-state index in [0.29, 0.717) is 16.3 Å². The maximum absolute atomic E-state index is 11.6. The van der Waals surface area contributed by atoms with Crippen molar-refractivity contribution in [3.63, 3.8) is 0 Å². The van der Waals surface area contributed by atoms with Gasteiger partial charge in [0.2, 0.25) is 0 Å². The molecule has 0 spiro atoms. The Bertz CT molecular complexity index is 987. The van der Waals surface area contributed by atoms with Gasteiger partial charge in [-0.1, -0.05) is 11.6 Å². The molecule has 0 saturated carbocycles. The lowest BCUT2D eigenvalue weighted by molar-refractivity contribution is -0.155. The predicted molar refractivity (Wildman–Crippen MR) is 97.5 cm³/mol. The number of hydrogen-bond donors (Lipinski definition) is 2. The second-order valence-corrected chi connectivity index (χ2v) is 8.37. The summed E-state index contributed by atoms with van der Waals surface area (Å²) in [6.45, 7) is -0.285. The molecule has 1 heterocycles. The van der Waals surface area contributed by atoms with E-state index >= 15 is 0 Å². The molecule has 0 radical (unpaired) electrons. The van der Waals surface area contributed by atoms with Crippen molar-refractivity contribution in [2.75, 3.05) is 17.7 Å². The lowest BCUT2D eigenvalue weighted by atomic mass is 10.1. The van der Waals surface area contributed by atoms with Gasteiger partial charge < -0.3 is 15.1 Å². The maximum Gasteiger partial charge on any atom is 0.361 e. The molecule has 0 amide bonds. The van der Waals surface area contributed by atoms with Gasteiger partial charge in [0.15, 0.2) is 9.84 Å². The Balaban J connectivity index is 2.07. The van der Waals surface area contributed by atoms with Crippen LogP contribution in [-0.2, 0) is 14.6 Å². The number of rotatable bonds is 4. The largest absolute Gasteiger partial charge is 0.478 e. The molecule has 0 fully saturated rings. The van der Waals surface area contributed by atoms with E-state index in [0.717, 1.165) is 6.26 Å². The molecule has 7 nitrogen and oxygen atoms in total. The molecule has 2 N–H and O–H groups in total. The summed E-state index contributed by atoms with van der Waals surface area (Å²) in [5.41, 5.74) is -1.23. The van der Waals surface area contributed by atoms with Crippen LogP contribution in [0.5, 0.6) is 0 Å². The van der Waals surface area contributed by atoms with Crippen molar-refractivity contribution in [2.24, 2.45) is 4.99 Å². The number of amidine groups is 1. The van der Waals surface area contributed by atoms with E-state index in [4.69, 9.17) is 11.6 Å². The standard InChI is InChI=1S/C17H15ClN2O5S/c1-26(24,25)14-8-2-11(3-9-14)15-19-17(23,16(21)22)10-20(15)13-6-4-12(18)5-7-13/h2-9,23H,10H2,1H3,(H,21,22). The SMILES string of the molecule is CS(=O)(=O)c1ccc(C2=NC(O)(C(=O)O)CN2c2ccc(Cl)cc2)cc1.